The molecule has 198 valence electrons. The highest BCUT2D eigenvalue weighted by molar-refractivity contribution is 6.00. The first kappa shape index (κ1) is 25.7. The largest absolute Gasteiger partial charge is 0.373 e. The van der Waals surface area contributed by atoms with Gasteiger partial charge in [-0.1, -0.05) is 38.1 Å². The summed E-state index contributed by atoms with van der Waals surface area (Å²) < 4.78 is 17.9. The number of benzene rings is 2. The van der Waals surface area contributed by atoms with Gasteiger partial charge in [-0.25, -0.2) is 18.9 Å². The minimum absolute atomic E-state index is 0.0642. The maximum absolute atomic E-state index is 14.8. The van der Waals surface area contributed by atoms with E-state index >= 15 is 0 Å². The highest BCUT2D eigenvalue weighted by Gasteiger charge is 2.17. The van der Waals surface area contributed by atoms with Gasteiger partial charge in [0.2, 0.25) is 0 Å². The number of fused-ring (bicyclic) bond motifs is 1. The van der Waals surface area contributed by atoms with Crippen molar-refractivity contribution in [3.63, 3.8) is 0 Å². The maximum Gasteiger partial charge on any atom is 0.324 e. The molecule has 2 aromatic carbocycles. The van der Waals surface area contributed by atoms with E-state index in [-0.39, 0.29) is 17.2 Å². The monoisotopic (exact) mass is 525 g/mol. The number of rotatable bonds is 6. The van der Waals surface area contributed by atoms with Crippen molar-refractivity contribution in [1.29, 1.82) is 0 Å². The van der Waals surface area contributed by atoms with Gasteiger partial charge in [-0.3, -0.25) is 10.1 Å². The Morgan fingerprint density at radius 1 is 1.00 bits per heavy atom. The summed E-state index contributed by atoms with van der Waals surface area (Å²) >= 11 is 0. The SMILES string of the molecule is CNc1cc2c(cn1)cc(-c1ccc(F)c(NC(=O)Nc3cc(C(C)C)nn3-c3ccccc3)c1)c(=O)n2C. The van der Waals surface area contributed by atoms with Crippen molar-refractivity contribution in [2.45, 2.75) is 19.8 Å². The summed E-state index contributed by atoms with van der Waals surface area (Å²) in [5.74, 6) is 0.582. The molecule has 3 heterocycles. The molecule has 0 saturated heterocycles. The average Bonchev–Trinajstić information content (AvgIpc) is 3.36. The lowest BCUT2D eigenvalue weighted by molar-refractivity contribution is 0.262. The minimum atomic E-state index is -0.645. The van der Waals surface area contributed by atoms with Crippen LogP contribution in [-0.4, -0.2) is 32.4 Å². The smallest absolute Gasteiger partial charge is 0.324 e. The molecular formula is C29H28FN7O2. The summed E-state index contributed by atoms with van der Waals surface area (Å²) in [7, 11) is 3.42. The van der Waals surface area contributed by atoms with Crippen LogP contribution in [0.5, 0.6) is 0 Å². The van der Waals surface area contributed by atoms with Gasteiger partial charge in [-0.2, -0.15) is 5.10 Å². The number of amides is 2. The van der Waals surface area contributed by atoms with E-state index in [1.54, 1.807) is 43.2 Å². The van der Waals surface area contributed by atoms with Gasteiger partial charge in [0.15, 0.2) is 0 Å². The van der Waals surface area contributed by atoms with Crippen molar-refractivity contribution < 1.29 is 9.18 Å². The second kappa shape index (κ2) is 10.4. The van der Waals surface area contributed by atoms with Crippen molar-refractivity contribution in [3.8, 4) is 16.8 Å². The number of aryl methyl sites for hydroxylation is 1. The van der Waals surface area contributed by atoms with Crippen LogP contribution in [0.4, 0.5) is 26.5 Å². The van der Waals surface area contributed by atoms with E-state index in [0.717, 1.165) is 16.8 Å². The molecule has 0 atom stereocenters. The zero-order valence-electron chi connectivity index (χ0n) is 22.0. The molecule has 10 heteroatoms. The number of hydrogen-bond donors (Lipinski definition) is 3. The van der Waals surface area contributed by atoms with Crippen molar-refractivity contribution in [3.05, 3.63) is 94.8 Å². The number of nitrogens with zero attached hydrogens (tertiary/aromatic N) is 4. The number of nitrogens with one attached hydrogen (secondary N) is 3. The molecule has 0 aliphatic carbocycles. The first-order valence-corrected chi connectivity index (χ1v) is 12.5. The fraction of sp³-hybridized carbons (Fsp3) is 0.172. The van der Waals surface area contributed by atoms with Gasteiger partial charge in [0.05, 0.1) is 22.6 Å². The second-order valence-corrected chi connectivity index (χ2v) is 9.43. The summed E-state index contributed by atoms with van der Waals surface area (Å²) in [4.78, 5) is 30.5. The van der Waals surface area contributed by atoms with E-state index in [1.165, 1.54) is 22.8 Å². The summed E-state index contributed by atoms with van der Waals surface area (Å²) in [5.41, 5.74) is 2.77. The molecule has 5 aromatic rings. The van der Waals surface area contributed by atoms with Gasteiger partial charge in [-0.15, -0.1) is 0 Å². The molecule has 0 aliphatic heterocycles. The van der Waals surface area contributed by atoms with E-state index < -0.39 is 11.8 Å². The summed E-state index contributed by atoms with van der Waals surface area (Å²) in [6.07, 6.45) is 1.67. The number of pyridine rings is 2. The van der Waals surface area contributed by atoms with Crippen molar-refractivity contribution >= 4 is 34.3 Å². The summed E-state index contributed by atoms with van der Waals surface area (Å²) in [6, 6.07) is 18.2. The number of urea groups is 1. The van der Waals surface area contributed by atoms with E-state index in [9.17, 15) is 14.0 Å². The number of anilines is 3. The zero-order valence-corrected chi connectivity index (χ0v) is 22.0. The number of hydrogen-bond acceptors (Lipinski definition) is 5. The number of aromatic nitrogens is 4. The fourth-order valence-electron chi connectivity index (χ4n) is 4.30. The van der Waals surface area contributed by atoms with E-state index in [0.29, 0.717) is 28.3 Å². The Hall–Kier alpha value is -4.99. The van der Waals surface area contributed by atoms with Gasteiger partial charge in [0.25, 0.3) is 5.56 Å². The van der Waals surface area contributed by atoms with Gasteiger partial charge in [0.1, 0.15) is 17.5 Å². The van der Waals surface area contributed by atoms with Crippen molar-refractivity contribution in [2.24, 2.45) is 7.05 Å². The van der Waals surface area contributed by atoms with Crippen molar-refractivity contribution in [1.82, 2.24) is 19.3 Å². The number of halogens is 1. The van der Waals surface area contributed by atoms with Crippen LogP contribution >= 0.6 is 0 Å². The van der Waals surface area contributed by atoms with Crippen LogP contribution in [0.1, 0.15) is 25.5 Å². The Labute approximate surface area is 224 Å². The Kier molecular flexibility index (Phi) is 6.84. The minimum Gasteiger partial charge on any atom is -0.373 e. The van der Waals surface area contributed by atoms with Crippen LogP contribution in [0.25, 0.3) is 27.7 Å². The standard InChI is InChI=1S/C29H28FN7O2/c1-17(2)23-14-27(37(35-23)20-8-6-5-7-9-20)34-29(39)33-24-13-18(10-11-22(24)30)21-12-19-16-32-26(31-3)15-25(19)36(4)28(21)38/h5-17H,1-4H3,(H,31,32)(H2,33,34,39). The Bertz CT molecular complexity index is 1740. The molecule has 0 fully saturated rings. The van der Waals surface area contributed by atoms with Crippen LogP contribution in [-0.2, 0) is 7.05 Å². The molecule has 5 rings (SSSR count). The fourth-order valence-corrected chi connectivity index (χ4v) is 4.30. The predicted octanol–water partition coefficient (Wildman–Crippen LogP) is 5.73. The van der Waals surface area contributed by atoms with E-state index in [1.807, 2.05) is 44.2 Å². The molecule has 9 nitrogen and oxygen atoms in total. The predicted molar refractivity (Wildman–Crippen MR) is 152 cm³/mol. The van der Waals surface area contributed by atoms with Crippen LogP contribution in [0, 0.1) is 5.82 Å². The lowest BCUT2D eigenvalue weighted by Crippen LogP contribution is -2.22. The van der Waals surface area contributed by atoms with E-state index in [2.05, 4.69) is 26.0 Å². The number of carbonyl (C=O) groups is 1. The lowest BCUT2D eigenvalue weighted by atomic mass is 10.0. The normalized spacial score (nSPS) is 11.1. The van der Waals surface area contributed by atoms with Gasteiger partial charge >= 0.3 is 6.03 Å². The zero-order chi connectivity index (χ0) is 27.7. The average molecular weight is 526 g/mol. The number of para-hydroxylation sites is 1. The van der Waals surface area contributed by atoms with E-state index in [4.69, 9.17) is 0 Å². The molecule has 3 aromatic heterocycles. The lowest BCUT2D eigenvalue weighted by Gasteiger charge is -2.13. The topological polar surface area (TPSA) is 106 Å². The Morgan fingerprint density at radius 3 is 2.49 bits per heavy atom. The Morgan fingerprint density at radius 2 is 1.77 bits per heavy atom. The first-order chi connectivity index (χ1) is 18.7. The first-order valence-electron chi connectivity index (χ1n) is 12.5. The molecule has 3 N–H and O–H groups in total. The third kappa shape index (κ3) is 5.08. The molecule has 0 aliphatic rings. The molecule has 0 spiro atoms. The number of carbonyl (C=O) groups excluding carboxylic acids is 1. The molecule has 2 amide bonds. The van der Waals surface area contributed by atoms with Gasteiger partial charge < -0.3 is 15.2 Å². The third-order valence-electron chi connectivity index (χ3n) is 6.45. The second-order valence-electron chi connectivity index (χ2n) is 9.43. The quantitative estimate of drug-likeness (QED) is 0.262. The molecule has 0 bridgehead atoms. The molecular weight excluding hydrogens is 497 g/mol. The molecule has 0 saturated carbocycles. The highest BCUT2D eigenvalue weighted by atomic mass is 19.1. The maximum atomic E-state index is 14.8. The summed E-state index contributed by atoms with van der Waals surface area (Å²) in [6.45, 7) is 4.02. The summed E-state index contributed by atoms with van der Waals surface area (Å²) in [5, 5.41) is 13.7. The molecule has 0 radical (unpaired) electrons. The molecule has 0 unspecified atom stereocenters. The van der Waals surface area contributed by atoms with Crippen LogP contribution in [0.15, 0.2) is 77.7 Å². The highest BCUT2D eigenvalue weighted by Crippen LogP contribution is 2.27. The van der Waals surface area contributed by atoms with Crippen molar-refractivity contribution in [2.75, 3.05) is 23.0 Å². The Balaban J connectivity index is 1.45. The third-order valence-corrected chi connectivity index (χ3v) is 6.45. The van der Waals surface area contributed by atoms with Crippen LogP contribution < -0.4 is 21.5 Å². The van der Waals surface area contributed by atoms with Gasteiger partial charge in [-0.05, 0) is 41.8 Å². The van der Waals surface area contributed by atoms with Gasteiger partial charge in [0, 0.05) is 43.4 Å². The van der Waals surface area contributed by atoms with Crippen LogP contribution in [0.2, 0.25) is 0 Å². The van der Waals surface area contributed by atoms with Crippen LogP contribution in [0.3, 0.4) is 0 Å². The molecule has 39 heavy (non-hydrogen) atoms.